The smallest absolute Gasteiger partial charge is 0.309 e. The summed E-state index contributed by atoms with van der Waals surface area (Å²) in [5.74, 6) is 0. The molecule has 2 rings (SSSR count). The third kappa shape index (κ3) is 8.43. The zero-order valence-electron chi connectivity index (χ0n) is 19.6. The Morgan fingerprint density at radius 3 is 1.70 bits per heavy atom. The summed E-state index contributed by atoms with van der Waals surface area (Å²) in [4.78, 5) is 10.0. The van der Waals surface area contributed by atoms with Crippen LogP contribution in [0.5, 0.6) is 0 Å². The van der Waals surface area contributed by atoms with E-state index in [1.54, 1.807) is 27.7 Å². The molecule has 2 aromatic rings. The van der Waals surface area contributed by atoms with E-state index in [1.165, 1.54) is 0 Å². The average molecular weight is 499 g/mol. The van der Waals surface area contributed by atoms with Crippen LogP contribution >= 0.6 is 15.4 Å². The molecule has 0 saturated carbocycles. The van der Waals surface area contributed by atoms with Crippen LogP contribution in [-0.4, -0.2) is 43.0 Å². The predicted molar refractivity (Wildman–Crippen MR) is 129 cm³/mol. The van der Waals surface area contributed by atoms with Crippen LogP contribution in [0.25, 0.3) is 0 Å². The Morgan fingerprint density at radius 2 is 1.27 bits per heavy atom. The van der Waals surface area contributed by atoms with Gasteiger partial charge in [-0.2, -0.15) is 0 Å². The van der Waals surface area contributed by atoms with Crippen LogP contribution < -0.4 is 5.32 Å². The van der Waals surface area contributed by atoms with Gasteiger partial charge in [-0.3, -0.25) is 13.6 Å². The number of phosphoric ester groups is 1. The van der Waals surface area contributed by atoms with Crippen molar-refractivity contribution in [3.8, 4) is 0 Å². The molecule has 0 saturated heterocycles. The molecular formula is C23H35NO7P2. The summed E-state index contributed by atoms with van der Waals surface area (Å²) in [6.07, 6.45) is -0.962. The molecule has 33 heavy (non-hydrogen) atoms. The largest absolute Gasteiger partial charge is 0.472 e. The van der Waals surface area contributed by atoms with Gasteiger partial charge in [-0.15, -0.1) is 0 Å². The van der Waals surface area contributed by atoms with Crippen molar-refractivity contribution < 1.29 is 32.1 Å². The van der Waals surface area contributed by atoms with Crippen molar-refractivity contribution >= 4 is 15.4 Å². The molecular weight excluding hydrogens is 464 g/mol. The van der Waals surface area contributed by atoms with Crippen molar-refractivity contribution in [2.24, 2.45) is 0 Å². The SMILES string of the molecule is CCOP(=O)(O)OC(C)C(CNC(c1ccccc1)c1ccccc1)P(=O)(OCC)OCC. The van der Waals surface area contributed by atoms with Crippen molar-refractivity contribution in [3.05, 3.63) is 71.8 Å². The van der Waals surface area contributed by atoms with E-state index in [0.29, 0.717) is 0 Å². The normalized spacial score (nSPS) is 15.8. The topological polar surface area (TPSA) is 103 Å². The minimum absolute atomic E-state index is 0.00207. The fraction of sp³-hybridized carbons (Fsp3) is 0.478. The molecule has 0 heterocycles. The van der Waals surface area contributed by atoms with Crippen LogP contribution in [0.1, 0.15) is 44.9 Å². The number of hydrogen-bond donors (Lipinski definition) is 2. The van der Waals surface area contributed by atoms with Crippen LogP contribution in [0.4, 0.5) is 0 Å². The maximum Gasteiger partial charge on any atom is 0.472 e. The van der Waals surface area contributed by atoms with Gasteiger partial charge >= 0.3 is 15.4 Å². The molecule has 10 heteroatoms. The molecule has 2 N–H and O–H groups in total. The van der Waals surface area contributed by atoms with E-state index < -0.39 is 27.2 Å². The van der Waals surface area contributed by atoms with Gasteiger partial charge in [0.1, 0.15) is 5.66 Å². The van der Waals surface area contributed by atoms with Crippen LogP contribution in [0, 0.1) is 0 Å². The molecule has 0 amide bonds. The summed E-state index contributed by atoms with van der Waals surface area (Å²) >= 11 is 0. The Balaban J connectivity index is 2.37. The van der Waals surface area contributed by atoms with Crippen molar-refractivity contribution in [1.82, 2.24) is 5.32 Å². The highest BCUT2D eigenvalue weighted by atomic mass is 31.2. The van der Waals surface area contributed by atoms with E-state index in [-0.39, 0.29) is 32.4 Å². The highest BCUT2D eigenvalue weighted by Gasteiger charge is 2.43. The Kier molecular flexibility index (Phi) is 11.4. The van der Waals surface area contributed by atoms with E-state index in [9.17, 15) is 14.0 Å². The summed E-state index contributed by atoms with van der Waals surface area (Å²) in [6, 6.07) is 19.5. The van der Waals surface area contributed by atoms with E-state index in [0.717, 1.165) is 11.1 Å². The first-order chi connectivity index (χ1) is 15.8. The second kappa shape index (κ2) is 13.5. The Labute approximate surface area is 196 Å². The zero-order valence-corrected chi connectivity index (χ0v) is 21.4. The maximum atomic E-state index is 13.7. The van der Waals surface area contributed by atoms with Gasteiger partial charge in [-0.05, 0) is 38.8 Å². The molecule has 0 aliphatic carbocycles. The second-order valence-electron chi connectivity index (χ2n) is 7.30. The molecule has 2 aromatic carbocycles. The number of benzene rings is 2. The van der Waals surface area contributed by atoms with Gasteiger partial charge in [0.15, 0.2) is 0 Å². The van der Waals surface area contributed by atoms with Gasteiger partial charge in [0, 0.05) is 6.54 Å². The van der Waals surface area contributed by atoms with Gasteiger partial charge in [0.2, 0.25) is 0 Å². The van der Waals surface area contributed by atoms with Gasteiger partial charge in [0.05, 0.1) is 32.0 Å². The first-order valence-corrected chi connectivity index (χ1v) is 14.2. The standard InChI is InChI=1S/C23H35NO7P2/c1-5-28-32(25,29-6-2)22(19(4)31-33(26,27)30-7-3)18-24-23(20-14-10-8-11-15-20)21-16-12-9-13-17-21/h8-17,19,22-24H,5-7,18H2,1-4H3,(H,26,27). The number of phosphoric acid groups is 1. The van der Waals surface area contributed by atoms with Crippen LogP contribution in [-0.2, 0) is 27.2 Å². The van der Waals surface area contributed by atoms with Gasteiger partial charge < -0.3 is 19.3 Å². The Bertz CT molecular complexity index is 864. The minimum atomic E-state index is -4.33. The molecule has 0 radical (unpaired) electrons. The first kappa shape index (κ1) is 27.9. The van der Waals surface area contributed by atoms with Gasteiger partial charge in [-0.25, -0.2) is 4.57 Å². The molecule has 0 aliphatic rings. The predicted octanol–water partition coefficient (Wildman–Crippen LogP) is 5.54. The van der Waals surface area contributed by atoms with Crippen molar-refractivity contribution in [1.29, 1.82) is 0 Å². The quantitative estimate of drug-likeness (QED) is 0.308. The third-order valence-electron chi connectivity index (χ3n) is 4.95. The van der Waals surface area contributed by atoms with E-state index in [1.807, 2.05) is 60.7 Å². The van der Waals surface area contributed by atoms with E-state index in [2.05, 4.69) is 5.32 Å². The molecule has 184 valence electrons. The lowest BCUT2D eigenvalue weighted by atomic mass is 9.98. The number of nitrogens with one attached hydrogen (secondary N) is 1. The monoisotopic (exact) mass is 499 g/mol. The molecule has 0 aliphatic heterocycles. The minimum Gasteiger partial charge on any atom is -0.309 e. The lowest BCUT2D eigenvalue weighted by molar-refractivity contribution is 0.103. The van der Waals surface area contributed by atoms with Crippen molar-refractivity contribution in [2.45, 2.75) is 45.5 Å². The molecule has 0 aromatic heterocycles. The highest BCUT2D eigenvalue weighted by molar-refractivity contribution is 7.54. The van der Waals surface area contributed by atoms with Gasteiger partial charge in [-0.1, -0.05) is 60.7 Å². The number of rotatable bonds is 15. The molecule has 8 nitrogen and oxygen atoms in total. The molecule has 0 bridgehead atoms. The summed E-state index contributed by atoms with van der Waals surface area (Å²) in [5.41, 5.74) is 1.16. The zero-order chi connectivity index (χ0) is 24.3. The van der Waals surface area contributed by atoms with Crippen LogP contribution in [0.3, 0.4) is 0 Å². The van der Waals surface area contributed by atoms with E-state index in [4.69, 9.17) is 18.1 Å². The average Bonchev–Trinajstić information content (AvgIpc) is 2.77. The number of hydrogen-bond acceptors (Lipinski definition) is 7. The summed E-state index contributed by atoms with van der Waals surface area (Å²) in [6.45, 7) is 7.05. The Morgan fingerprint density at radius 1 is 0.818 bits per heavy atom. The highest BCUT2D eigenvalue weighted by Crippen LogP contribution is 2.57. The van der Waals surface area contributed by atoms with E-state index >= 15 is 0 Å². The fourth-order valence-corrected chi connectivity index (χ4v) is 6.69. The molecule has 3 atom stereocenters. The first-order valence-electron chi connectivity index (χ1n) is 11.1. The summed E-state index contributed by atoms with van der Waals surface area (Å²) < 4.78 is 47.3. The second-order valence-corrected chi connectivity index (χ2v) is 11.0. The summed E-state index contributed by atoms with van der Waals surface area (Å²) in [7, 11) is -8.04. The maximum absolute atomic E-state index is 13.7. The third-order valence-corrected chi connectivity index (χ3v) is 8.79. The summed E-state index contributed by atoms with van der Waals surface area (Å²) in [5, 5.41) is 3.45. The van der Waals surface area contributed by atoms with Crippen molar-refractivity contribution in [3.63, 3.8) is 0 Å². The van der Waals surface area contributed by atoms with Crippen LogP contribution in [0.2, 0.25) is 0 Å². The van der Waals surface area contributed by atoms with Gasteiger partial charge in [0.25, 0.3) is 0 Å². The molecule has 0 spiro atoms. The Hall–Kier alpha value is -1.34. The lowest BCUT2D eigenvalue weighted by Crippen LogP contribution is -2.39. The lowest BCUT2D eigenvalue weighted by Gasteiger charge is -2.32. The van der Waals surface area contributed by atoms with Crippen LogP contribution in [0.15, 0.2) is 60.7 Å². The fourth-order valence-electron chi connectivity index (χ4n) is 3.56. The molecule has 0 fully saturated rings. The van der Waals surface area contributed by atoms with Crippen molar-refractivity contribution in [2.75, 3.05) is 26.4 Å². The molecule has 3 unspecified atom stereocenters.